The average Bonchev–Trinajstić information content (AvgIpc) is 2.26. The average molecular weight is 249 g/mol. The maximum absolute atomic E-state index is 12.3. The highest BCUT2D eigenvalue weighted by molar-refractivity contribution is 5.99. The molecule has 0 heterocycles. The van der Waals surface area contributed by atoms with Crippen molar-refractivity contribution in [3.05, 3.63) is 23.8 Å². The van der Waals surface area contributed by atoms with Crippen molar-refractivity contribution in [1.82, 2.24) is 4.90 Å². The maximum atomic E-state index is 12.3. The quantitative estimate of drug-likeness (QED) is 0.805. The third-order valence-electron chi connectivity index (χ3n) is 3.10. The molecule has 0 saturated carbocycles. The van der Waals surface area contributed by atoms with Crippen LogP contribution in [0.25, 0.3) is 0 Å². The van der Waals surface area contributed by atoms with Gasteiger partial charge in [0.25, 0.3) is 5.91 Å². The van der Waals surface area contributed by atoms with Crippen LogP contribution in [-0.4, -0.2) is 23.9 Å². The fraction of sp³-hybridized carbons (Fsp3) is 0.500. The van der Waals surface area contributed by atoms with Crippen molar-refractivity contribution in [3.63, 3.8) is 0 Å². The monoisotopic (exact) mass is 249 g/mol. The minimum absolute atomic E-state index is 0.0550. The molecule has 1 unspecified atom stereocenters. The Morgan fingerprint density at radius 1 is 1.28 bits per heavy atom. The van der Waals surface area contributed by atoms with E-state index in [4.69, 9.17) is 11.5 Å². The molecule has 1 atom stereocenters. The lowest BCUT2D eigenvalue weighted by molar-refractivity contribution is 0.0729. The fourth-order valence-electron chi connectivity index (χ4n) is 2.01. The van der Waals surface area contributed by atoms with Gasteiger partial charge in [-0.15, -0.1) is 0 Å². The lowest BCUT2D eigenvalue weighted by atomic mass is 10.0. The first-order chi connectivity index (χ1) is 8.32. The molecule has 0 saturated heterocycles. The number of benzene rings is 1. The third kappa shape index (κ3) is 3.39. The summed E-state index contributed by atoms with van der Waals surface area (Å²) in [5, 5.41) is 0. The standard InChI is InChI=1S/C14H23N3O/c1-9(2)7-10(3)17(4)14(18)12-6-5-11(15)8-13(12)16/h5-6,8-10H,7,15-16H2,1-4H3. The predicted octanol–water partition coefficient (Wildman–Crippen LogP) is 2.36. The number of rotatable bonds is 4. The molecule has 18 heavy (non-hydrogen) atoms. The molecular formula is C14H23N3O. The number of hydrogen-bond acceptors (Lipinski definition) is 3. The number of amides is 1. The molecule has 4 heteroatoms. The van der Waals surface area contributed by atoms with Crippen molar-refractivity contribution < 1.29 is 4.79 Å². The first kappa shape index (κ1) is 14.4. The smallest absolute Gasteiger partial charge is 0.255 e. The molecule has 1 amide bonds. The zero-order valence-corrected chi connectivity index (χ0v) is 11.6. The number of carbonyl (C=O) groups excluding carboxylic acids is 1. The van der Waals surface area contributed by atoms with Crippen LogP contribution in [0, 0.1) is 5.92 Å². The third-order valence-corrected chi connectivity index (χ3v) is 3.10. The zero-order valence-electron chi connectivity index (χ0n) is 11.6. The highest BCUT2D eigenvalue weighted by atomic mass is 16.2. The van der Waals surface area contributed by atoms with E-state index in [1.807, 2.05) is 14.0 Å². The normalized spacial score (nSPS) is 12.5. The van der Waals surface area contributed by atoms with Crippen LogP contribution in [0.5, 0.6) is 0 Å². The predicted molar refractivity (Wildman–Crippen MR) is 76.3 cm³/mol. The Kier molecular flexibility index (Phi) is 4.59. The van der Waals surface area contributed by atoms with Crippen LogP contribution in [0.2, 0.25) is 0 Å². The molecule has 0 fully saturated rings. The molecule has 4 N–H and O–H groups in total. The van der Waals surface area contributed by atoms with Crippen LogP contribution in [0.3, 0.4) is 0 Å². The van der Waals surface area contributed by atoms with Gasteiger partial charge in [0, 0.05) is 24.5 Å². The van der Waals surface area contributed by atoms with Gasteiger partial charge in [-0.2, -0.15) is 0 Å². The molecule has 1 aromatic rings. The van der Waals surface area contributed by atoms with Gasteiger partial charge in [-0.1, -0.05) is 13.8 Å². The summed E-state index contributed by atoms with van der Waals surface area (Å²) >= 11 is 0. The molecule has 0 bridgehead atoms. The summed E-state index contributed by atoms with van der Waals surface area (Å²) in [6.45, 7) is 6.34. The van der Waals surface area contributed by atoms with E-state index in [9.17, 15) is 4.79 Å². The Balaban J connectivity index is 2.86. The van der Waals surface area contributed by atoms with Gasteiger partial charge in [-0.25, -0.2) is 0 Å². The molecular weight excluding hydrogens is 226 g/mol. The highest BCUT2D eigenvalue weighted by Crippen LogP contribution is 2.19. The number of nitrogens with zero attached hydrogens (tertiary/aromatic N) is 1. The lowest BCUT2D eigenvalue weighted by Gasteiger charge is -2.27. The topological polar surface area (TPSA) is 72.3 Å². The van der Waals surface area contributed by atoms with Crippen molar-refractivity contribution >= 4 is 17.3 Å². The summed E-state index contributed by atoms with van der Waals surface area (Å²) in [5.41, 5.74) is 13.0. The van der Waals surface area contributed by atoms with E-state index in [1.54, 1.807) is 23.1 Å². The second-order valence-electron chi connectivity index (χ2n) is 5.24. The van der Waals surface area contributed by atoms with Crippen molar-refractivity contribution in [2.75, 3.05) is 18.5 Å². The summed E-state index contributed by atoms with van der Waals surface area (Å²) in [7, 11) is 1.81. The summed E-state index contributed by atoms with van der Waals surface area (Å²) < 4.78 is 0. The van der Waals surface area contributed by atoms with Crippen LogP contribution in [0.1, 0.15) is 37.6 Å². The summed E-state index contributed by atoms with van der Waals surface area (Å²) in [5.74, 6) is 0.500. The van der Waals surface area contributed by atoms with Crippen LogP contribution < -0.4 is 11.5 Å². The van der Waals surface area contributed by atoms with E-state index < -0.39 is 0 Å². The van der Waals surface area contributed by atoms with Crippen LogP contribution in [0.4, 0.5) is 11.4 Å². The van der Waals surface area contributed by atoms with Crippen LogP contribution >= 0.6 is 0 Å². The molecule has 0 aliphatic heterocycles. The minimum atomic E-state index is -0.0550. The summed E-state index contributed by atoms with van der Waals surface area (Å²) in [6.07, 6.45) is 0.969. The maximum Gasteiger partial charge on any atom is 0.255 e. The minimum Gasteiger partial charge on any atom is -0.399 e. The Bertz CT molecular complexity index is 429. The molecule has 0 aliphatic carbocycles. The first-order valence-corrected chi connectivity index (χ1v) is 6.25. The number of nitrogen functional groups attached to an aromatic ring is 2. The molecule has 1 aromatic carbocycles. The lowest BCUT2D eigenvalue weighted by Crippen LogP contribution is -2.36. The number of carbonyl (C=O) groups is 1. The first-order valence-electron chi connectivity index (χ1n) is 6.25. The molecule has 0 aromatic heterocycles. The van der Waals surface area contributed by atoms with Gasteiger partial charge < -0.3 is 16.4 Å². The second kappa shape index (κ2) is 5.76. The van der Waals surface area contributed by atoms with E-state index in [0.29, 0.717) is 22.9 Å². The fourth-order valence-corrected chi connectivity index (χ4v) is 2.01. The van der Waals surface area contributed by atoms with Crippen LogP contribution in [0.15, 0.2) is 18.2 Å². The van der Waals surface area contributed by atoms with Gasteiger partial charge in [0.05, 0.1) is 5.56 Å². The van der Waals surface area contributed by atoms with E-state index in [-0.39, 0.29) is 11.9 Å². The summed E-state index contributed by atoms with van der Waals surface area (Å²) in [4.78, 5) is 14.0. The molecule has 0 aliphatic rings. The van der Waals surface area contributed by atoms with Gasteiger partial charge in [-0.05, 0) is 37.5 Å². The Labute approximate surface area is 109 Å². The largest absolute Gasteiger partial charge is 0.399 e. The van der Waals surface area contributed by atoms with Crippen molar-refractivity contribution in [2.24, 2.45) is 5.92 Å². The van der Waals surface area contributed by atoms with E-state index >= 15 is 0 Å². The summed E-state index contributed by atoms with van der Waals surface area (Å²) in [6, 6.07) is 5.19. The van der Waals surface area contributed by atoms with E-state index in [1.165, 1.54) is 0 Å². The van der Waals surface area contributed by atoms with Gasteiger partial charge in [-0.3, -0.25) is 4.79 Å². The van der Waals surface area contributed by atoms with Gasteiger partial charge >= 0.3 is 0 Å². The molecule has 0 radical (unpaired) electrons. The van der Waals surface area contributed by atoms with E-state index in [2.05, 4.69) is 13.8 Å². The Morgan fingerprint density at radius 3 is 2.39 bits per heavy atom. The Hall–Kier alpha value is -1.71. The van der Waals surface area contributed by atoms with Crippen molar-refractivity contribution in [1.29, 1.82) is 0 Å². The van der Waals surface area contributed by atoms with Crippen molar-refractivity contribution in [3.8, 4) is 0 Å². The number of nitrogens with two attached hydrogens (primary N) is 2. The number of anilines is 2. The second-order valence-corrected chi connectivity index (χ2v) is 5.24. The van der Waals surface area contributed by atoms with Crippen molar-refractivity contribution in [2.45, 2.75) is 33.2 Å². The molecule has 0 spiro atoms. The molecule has 1 rings (SSSR count). The highest BCUT2D eigenvalue weighted by Gasteiger charge is 2.20. The Morgan fingerprint density at radius 2 is 1.89 bits per heavy atom. The zero-order chi connectivity index (χ0) is 13.9. The van der Waals surface area contributed by atoms with Gasteiger partial charge in [0.15, 0.2) is 0 Å². The molecule has 4 nitrogen and oxygen atoms in total. The molecule has 100 valence electrons. The van der Waals surface area contributed by atoms with Gasteiger partial charge in [0.2, 0.25) is 0 Å². The van der Waals surface area contributed by atoms with Crippen LogP contribution in [-0.2, 0) is 0 Å². The number of hydrogen-bond donors (Lipinski definition) is 2. The van der Waals surface area contributed by atoms with Gasteiger partial charge in [0.1, 0.15) is 0 Å². The SMILES string of the molecule is CC(C)CC(C)N(C)C(=O)c1ccc(N)cc1N. The van der Waals surface area contributed by atoms with E-state index in [0.717, 1.165) is 6.42 Å².